The average Bonchev–Trinajstić information content (AvgIpc) is 3.23. The van der Waals surface area contributed by atoms with Crippen molar-refractivity contribution >= 4 is 45.0 Å². The zero-order valence-electron chi connectivity index (χ0n) is 20.5. The molecule has 3 aromatic rings. The zero-order valence-corrected chi connectivity index (χ0v) is 22.1. The second-order valence-corrected chi connectivity index (χ2v) is 9.02. The molecule has 1 amide bonds. The Morgan fingerprint density at radius 3 is 2.44 bits per heavy atom. The van der Waals surface area contributed by atoms with E-state index in [9.17, 15) is 4.79 Å². The van der Waals surface area contributed by atoms with Crippen molar-refractivity contribution in [1.82, 2.24) is 9.88 Å². The Balaban J connectivity index is 0.00000408. The summed E-state index contributed by atoms with van der Waals surface area (Å²) in [6, 6.07) is 11.1. The van der Waals surface area contributed by atoms with Gasteiger partial charge < -0.3 is 19.1 Å². The van der Waals surface area contributed by atoms with Crippen molar-refractivity contribution in [2.24, 2.45) is 0 Å². The summed E-state index contributed by atoms with van der Waals surface area (Å²) in [5.41, 5.74) is 1.36. The molecule has 0 aliphatic heterocycles. The molecule has 0 unspecified atom stereocenters. The van der Waals surface area contributed by atoms with Gasteiger partial charge in [0.05, 0.1) is 31.0 Å². The maximum absolute atomic E-state index is 13.6. The van der Waals surface area contributed by atoms with Crippen LogP contribution in [0.25, 0.3) is 10.2 Å². The number of hydrogen-bond acceptors (Lipinski definition) is 7. The maximum atomic E-state index is 13.6. The predicted octanol–water partition coefficient (Wildman–Crippen LogP) is 5.51. The molecular weight excluding hydrogens is 474 g/mol. The van der Waals surface area contributed by atoms with Crippen molar-refractivity contribution in [3.8, 4) is 17.2 Å². The lowest BCUT2D eigenvalue weighted by Crippen LogP contribution is -2.33. The molecule has 0 aliphatic rings. The molecule has 0 radical (unpaired) electrons. The van der Waals surface area contributed by atoms with Gasteiger partial charge in [-0.25, -0.2) is 4.98 Å². The van der Waals surface area contributed by atoms with Crippen molar-refractivity contribution in [3.63, 3.8) is 0 Å². The topological polar surface area (TPSA) is 64.1 Å². The minimum atomic E-state index is -0.0901. The summed E-state index contributed by atoms with van der Waals surface area (Å²) in [4.78, 5) is 22.2. The van der Waals surface area contributed by atoms with Crippen molar-refractivity contribution in [3.05, 3.63) is 42.0 Å². The van der Waals surface area contributed by atoms with Crippen molar-refractivity contribution < 1.29 is 19.0 Å². The van der Waals surface area contributed by atoms with Crippen LogP contribution in [0.15, 0.2) is 36.4 Å². The number of unbranched alkanes of at least 4 members (excludes halogenated alkanes) is 1. The molecule has 0 fully saturated rings. The van der Waals surface area contributed by atoms with E-state index in [1.165, 1.54) is 11.3 Å². The minimum absolute atomic E-state index is 0. The van der Waals surface area contributed by atoms with Gasteiger partial charge in [-0.15, -0.1) is 12.4 Å². The number of methoxy groups -OCH3 is 2. The molecule has 1 aromatic heterocycles. The highest BCUT2D eigenvalue weighted by Gasteiger charge is 2.22. The van der Waals surface area contributed by atoms with Crippen LogP contribution in [0.3, 0.4) is 0 Å². The first-order chi connectivity index (χ1) is 16.0. The Labute approximate surface area is 212 Å². The van der Waals surface area contributed by atoms with Crippen molar-refractivity contribution in [1.29, 1.82) is 0 Å². The van der Waals surface area contributed by atoms with Crippen LogP contribution in [-0.2, 0) is 0 Å². The number of aromatic nitrogens is 1. The summed E-state index contributed by atoms with van der Waals surface area (Å²) in [5.74, 6) is 1.88. The fraction of sp³-hybridized carbons (Fsp3) is 0.440. The van der Waals surface area contributed by atoms with Gasteiger partial charge in [-0.05, 0) is 51.7 Å². The molecule has 0 N–H and O–H groups in total. The number of hydrogen-bond donors (Lipinski definition) is 0. The summed E-state index contributed by atoms with van der Waals surface area (Å²) < 4.78 is 17.6. The molecule has 3 rings (SSSR count). The number of benzene rings is 2. The predicted molar refractivity (Wildman–Crippen MR) is 142 cm³/mol. The van der Waals surface area contributed by atoms with Gasteiger partial charge in [0.15, 0.2) is 16.6 Å². The Kier molecular flexibility index (Phi) is 10.9. The van der Waals surface area contributed by atoms with Gasteiger partial charge in [-0.3, -0.25) is 9.69 Å². The normalized spacial score (nSPS) is 10.8. The highest BCUT2D eigenvalue weighted by atomic mass is 35.5. The van der Waals surface area contributed by atoms with Crippen LogP contribution in [0, 0.1) is 0 Å². The number of anilines is 1. The van der Waals surface area contributed by atoms with Crippen LogP contribution in [0.1, 0.15) is 36.5 Å². The smallest absolute Gasteiger partial charge is 0.260 e. The number of thiazole rings is 1. The van der Waals surface area contributed by atoms with Gasteiger partial charge >= 0.3 is 0 Å². The van der Waals surface area contributed by atoms with Crippen LogP contribution in [0.4, 0.5) is 5.13 Å². The van der Waals surface area contributed by atoms with Gasteiger partial charge in [0.2, 0.25) is 0 Å². The Bertz CT molecular complexity index is 1030. The van der Waals surface area contributed by atoms with E-state index in [-0.39, 0.29) is 18.3 Å². The third-order valence-electron chi connectivity index (χ3n) is 5.19. The number of ether oxygens (including phenoxy) is 3. The average molecular weight is 508 g/mol. The number of rotatable bonds is 12. The Morgan fingerprint density at radius 1 is 1.03 bits per heavy atom. The number of carbonyl (C=O) groups excluding carboxylic acids is 1. The fourth-order valence-electron chi connectivity index (χ4n) is 3.40. The first kappa shape index (κ1) is 27.7. The van der Waals surface area contributed by atoms with E-state index in [1.54, 1.807) is 19.1 Å². The highest BCUT2D eigenvalue weighted by Crippen LogP contribution is 2.37. The molecule has 186 valence electrons. The van der Waals surface area contributed by atoms with Crippen molar-refractivity contribution in [2.45, 2.75) is 26.2 Å². The molecule has 0 saturated carbocycles. The summed E-state index contributed by atoms with van der Waals surface area (Å²) in [6.45, 7) is 4.20. The highest BCUT2D eigenvalue weighted by molar-refractivity contribution is 7.22. The summed E-state index contributed by atoms with van der Waals surface area (Å²) in [5, 5.41) is 0.654. The second-order valence-electron chi connectivity index (χ2n) is 8.01. The molecule has 0 bridgehead atoms. The Hall–Kier alpha value is -2.55. The third-order valence-corrected chi connectivity index (χ3v) is 6.23. The van der Waals surface area contributed by atoms with Gasteiger partial charge in [-0.1, -0.05) is 30.7 Å². The Morgan fingerprint density at radius 2 is 1.76 bits per heavy atom. The van der Waals surface area contributed by atoms with Crippen molar-refractivity contribution in [2.75, 3.05) is 52.9 Å². The number of amides is 1. The molecule has 2 aromatic carbocycles. The minimum Gasteiger partial charge on any atom is -0.494 e. The van der Waals surface area contributed by atoms with E-state index in [0.717, 1.165) is 36.0 Å². The van der Waals surface area contributed by atoms with Gasteiger partial charge in [0, 0.05) is 24.2 Å². The zero-order chi connectivity index (χ0) is 23.8. The SMILES string of the molecule is CCCCOc1cccc(C(=O)N(CCCN(C)C)c2nc3cc(OC)c(OC)cc3s2)c1.Cl. The number of fused-ring (bicyclic) bond motifs is 1. The third kappa shape index (κ3) is 6.98. The van der Waals surface area contributed by atoms with Crippen LogP contribution in [0.2, 0.25) is 0 Å². The van der Waals surface area contributed by atoms with E-state index < -0.39 is 0 Å². The monoisotopic (exact) mass is 507 g/mol. The maximum Gasteiger partial charge on any atom is 0.260 e. The number of carbonyl (C=O) groups is 1. The molecule has 7 nitrogen and oxygen atoms in total. The van der Waals surface area contributed by atoms with E-state index in [0.29, 0.717) is 41.1 Å². The lowest BCUT2D eigenvalue weighted by atomic mass is 10.2. The van der Waals surface area contributed by atoms with Crippen LogP contribution < -0.4 is 19.1 Å². The lowest BCUT2D eigenvalue weighted by Gasteiger charge is -2.21. The lowest BCUT2D eigenvalue weighted by molar-refractivity contribution is 0.0985. The van der Waals surface area contributed by atoms with Crippen LogP contribution in [-0.4, -0.2) is 63.8 Å². The summed E-state index contributed by atoms with van der Waals surface area (Å²) in [6.07, 6.45) is 2.87. The molecule has 1 heterocycles. The van der Waals surface area contributed by atoms with Gasteiger partial charge in [-0.2, -0.15) is 0 Å². The molecule has 0 aliphatic carbocycles. The van der Waals surface area contributed by atoms with Gasteiger partial charge in [0.1, 0.15) is 5.75 Å². The van der Waals surface area contributed by atoms with Crippen LogP contribution in [0.5, 0.6) is 17.2 Å². The van der Waals surface area contributed by atoms with Gasteiger partial charge in [0.25, 0.3) is 5.91 Å². The molecule has 34 heavy (non-hydrogen) atoms. The summed E-state index contributed by atoms with van der Waals surface area (Å²) >= 11 is 1.47. The first-order valence-electron chi connectivity index (χ1n) is 11.2. The molecule has 9 heteroatoms. The van der Waals surface area contributed by atoms with E-state index in [1.807, 2.05) is 50.5 Å². The number of halogens is 1. The van der Waals surface area contributed by atoms with E-state index in [2.05, 4.69) is 11.8 Å². The molecule has 0 saturated heterocycles. The largest absolute Gasteiger partial charge is 0.494 e. The summed E-state index contributed by atoms with van der Waals surface area (Å²) in [7, 11) is 7.26. The fourth-order valence-corrected chi connectivity index (χ4v) is 4.40. The number of nitrogens with zero attached hydrogens (tertiary/aromatic N) is 3. The quantitative estimate of drug-likeness (QED) is 0.301. The second kappa shape index (κ2) is 13.4. The standard InChI is InChI=1S/C25H33N3O4S.ClH/c1-6-7-14-32-19-11-8-10-18(15-19)24(29)28(13-9-12-27(2)3)25-26-20-16-21(30-4)22(31-5)17-23(20)33-25;/h8,10-11,15-17H,6-7,9,12-14H2,1-5H3;1H. The molecular formula is C25H34ClN3O4S. The van der Waals surface area contributed by atoms with E-state index >= 15 is 0 Å². The molecule has 0 atom stereocenters. The molecule has 0 spiro atoms. The van der Waals surface area contributed by atoms with E-state index in [4.69, 9.17) is 19.2 Å². The first-order valence-corrected chi connectivity index (χ1v) is 12.0. The van der Waals surface area contributed by atoms with Crippen LogP contribution >= 0.6 is 23.7 Å².